The third-order valence-corrected chi connectivity index (χ3v) is 14.3. The van der Waals surface area contributed by atoms with Crippen molar-refractivity contribution in [2.45, 2.75) is 73.5 Å². The van der Waals surface area contributed by atoms with Gasteiger partial charge in [-0.1, -0.05) is 131 Å². The number of carbonyl (C=O) groups is 2. The first-order valence-electron chi connectivity index (χ1n) is 27.1. The quantitative estimate of drug-likeness (QED) is 0.0184. The van der Waals surface area contributed by atoms with E-state index in [1.54, 1.807) is 18.2 Å². The first kappa shape index (κ1) is 69.6. The van der Waals surface area contributed by atoms with Crippen molar-refractivity contribution in [3.63, 3.8) is 0 Å². The highest BCUT2D eigenvalue weighted by atomic mass is 35.5. The zero-order chi connectivity index (χ0) is 63.4. The van der Waals surface area contributed by atoms with Gasteiger partial charge < -0.3 is 37.8 Å². The number of nitrogens with one attached hydrogen (secondary N) is 4. The highest BCUT2D eigenvalue weighted by Crippen LogP contribution is 2.24. The Labute approximate surface area is 531 Å². The number of carbonyl (C=O) groups excluding carboxylic acids is 2. The van der Waals surface area contributed by atoms with Crippen molar-refractivity contribution in [3.05, 3.63) is 306 Å². The second kappa shape index (κ2) is 36.1. The number of nitro groups is 2. The Hall–Kier alpha value is -8.19. The Morgan fingerprint density at radius 1 is 0.483 bits per heavy atom. The molecule has 0 aliphatic heterocycles. The minimum absolute atomic E-state index is 0.0606. The zero-order valence-corrected chi connectivity index (χ0v) is 52.0. The molecule has 0 bridgehead atoms. The van der Waals surface area contributed by atoms with Gasteiger partial charge in [-0.05, 0) is 180 Å². The van der Waals surface area contributed by atoms with Crippen LogP contribution in [0.1, 0.15) is 81.9 Å². The number of halogens is 5. The van der Waals surface area contributed by atoms with Crippen molar-refractivity contribution in [1.29, 1.82) is 0 Å². The molecule has 0 aliphatic rings. The van der Waals surface area contributed by atoms with Gasteiger partial charge in [0, 0.05) is 112 Å². The number of hydrogen-bond acceptors (Lipinski definition) is 12. The van der Waals surface area contributed by atoms with E-state index in [0.717, 1.165) is 61.7 Å². The number of amides is 1. The number of phenols is 1. The van der Waals surface area contributed by atoms with E-state index in [0.29, 0.717) is 60.3 Å². The Balaban J connectivity index is 0.000000208. The van der Waals surface area contributed by atoms with E-state index < -0.39 is 10.8 Å². The molecule has 0 spiro atoms. The van der Waals surface area contributed by atoms with Crippen LogP contribution in [0.3, 0.4) is 0 Å². The van der Waals surface area contributed by atoms with Gasteiger partial charge in [-0.2, -0.15) is 0 Å². The number of aryl methyl sites for hydroxylation is 4. The fourth-order valence-corrected chi connectivity index (χ4v) is 9.17. The van der Waals surface area contributed by atoms with Crippen molar-refractivity contribution >= 4 is 92.9 Å². The number of nitrogens with zero attached hydrogens (tertiary/aromatic N) is 2. The number of nitro benzene ring substituents is 2. The van der Waals surface area contributed by atoms with Crippen molar-refractivity contribution in [2.75, 3.05) is 11.1 Å². The van der Waals surface area contributed by atoms with E-state index >= 15 is 0 Å². The molecule has 0 unspecified atom stereocenters. The molecule has 0 radical (unpaired) electrons. The first-order chi connectivity index (χ1) is 41.6. The molecule has 1 amide bonds. The summed E-state index contributed by atoms with van der Waals surface area (Å²) in [6.45, 7) is 13.0. The molecule has 9 aromatic carbocycles. The van der Waals surface area contributed by atoms with Crippen LogP contribution in [0, 0.1) is 47.9 Å². The highest BCUT2D eigenvalue weighted by molar-refractivity contribution is 6.32. The summed E-state index contributed by atoms with van der Waals surface area (Å²) in [5, 5.41) is 46.9. The number of nitrogens with two attached hydrogens (primary N) is 2. The van der Waals surface area contributed by atoms with E-state index in [1.165, 1.54) is 81.9 Å². The predicted octanol–water partition coefficient (Wildman–Crippen LogP) is 16.4. The van der Waals surface area contributed by atoms with E-state index in [9.17, 15) is 34.9 Å². The number of phenolic OH excluding ortho intramolecular Hbond substituents is 1. The monoisotopic (exact) mass is 1270 g/mol. The molecule has 0 aromatic heterocycles. The lowest BCUT2D eigenvalue weighted by Crippen LogP contribution is -2.15. The number of hydrogen-bond donors (Lipinski definition) is 7. The Kier molecular flexibility index (Phi) is 28.8. The zero-order valence-electron chi connectivity index (χ0n) is 48.3. The largest absolute Gasteiger partial charge is 0.507 e. The first-order valence-corrected chi connectivity index (χ1v) is 29.0. The maximum Gasteiger partial charge on any atom is 0.270 e. The molecule has 9 N–H and O–H groups in total. The minimum atomic E-state index is -0.535. The van der Waals surface area contributed by atoms with Crippen LogP contribution < -0.4 is 32.7 Å². The maximum absolute atomic E-state index is 12.4. The normalized spacial score (nSPS) is 10.3. The molecule has 0 saturated carbocycles. The average Bonchev–Trinajstić information content (AvgIpc) is 3.68. The summed E-state index contributed by atoms with van der Waals surface area (Å²) in [6.07, 6.45) is 0.576. The van der Waals surface area contributed by atoms with Crippen LogP contribution in [-0.2, 0) is 45.8 Å². The van der Waals surface area contributed by atoms with Gasteiger partial charge in [-0.3, -0.25) is 29.8 Å². The Morgan fingerprint density at radius 3 is 1.32 bits per heavy atom. The summed E-state index contributed by atoms with van der Waals surface area (Å²) >= 11 is 29.7. The third kappa shape index (κ3) is 24.6. The minimum Gasteiger partial charge on any atom is -0.507 e. The molecule has 20 heteroatoms. The molecule has 87 heavy (non-hydrogen) atoms. The van der Waals surface area contributed by atoms with E-state index in [1.807, 2.05) is 129 Å². The fourth-order valence-electron chi connectivity index (χ4n) is 8.22. The molecule has 0 atom stereocenters. The van der Waals surface area contributed by atoms with Crippen molar-refractivity contribution in [3.8, 4) is 5.75 Å². The summed E-state index contributed by atoms with van der Waals surface area (Å²) in [5.74, 6) is -0.531. The van der Waals surface area contributed by atoms with Crippen LogP contribution in [0.4, 0.5) is 22.7 Å². The predicted molar refractivity (Wildman–Crippen MR) is 354 cm³/mol. The van der Waals surface area contributed by atoms with E-state index in [2.05, 4.69) is 41.2 Å². The number of benzene rings is 9. The molecular formula is C67H67Cl5N8O7. The molecule has 0 heterocycles. The third-order valence-electron chi connectivity index (χ3n) is 13.1. The van der Waals surface area contributed by atoms with Gasteiger partial charge in [0.1, 0.15) is 12.0 Å². The number of non-ortho nitro benzene ring substituents is 2. The van der Waals surface area contributed by atoms with Crippen LogP contribution in [0.15, 0.2) is 188 Å². The van der Waals surface area contributed by atoms with Crippen molar-refractivity contribution in [2.24, 2.45) is 5.73 Å². The number of aldehydes is 1. The topological polar surface area (TPSA) is 241 Å². The van der Waals surface area contributed by atoms with E-state index in [-0.39, 0.29) is 27.6 Å². The molecule has 9 rings (SSSR count). The summed E-state index contributed by atoms with van der Waals surface area (Å²) in [4.78, 5) is 42.5. The molecule has 9 aromatic rings. The van der Waals surface area contributed by atoms with Crippen molar-refractivity contribution in [1.82, 2.24) is 16.0 Å². The highest BCUT2D eigenvalue weighted by Gasteiger charge is 2.13. The SMILES string of the molecule is Cc1ccc(Cl)cc1CN.Cc1ccc(Cl)cc1CNCc1cccc(N)c1.Cc1ccc(Cl)cc1CNCc1cccc(NC(=O)c2cc(Cl)ccc2O)c1.Cc1ccc(Cl)cc1CNCc1cccc([N+](=O)[O-])c1.O=Cc1cccc([N+](=O)[O-])c1. The van der Waals surface area contributed by atoms with Crippen LogP contribution in [0.25, 0.3) is 0 Å². The number of anilines is 2. The lowest BCUT2D eigenvalue weighted by atomic mass is 10.1. The van der Waals surface area contributed by atoms with Gasteiger partial charge in [-0.25, -0.2) is 0 Å². The lowest BCUT2D eigenvalue weighted by Gasteiger charge is -2.11. The van der Waals surface area contributed by atoms with Crippen molar-refractivity contribution < 1.29 is 24.5 Å². The van der Waals surface area contributed by atoms with Gasteiger partial charge in [-0.15, -0.1) is 0 Å². The molecule has 0 fully saturated rings. The summed E-state index contributed by atoms with van der Waals surface area (Å²) in [5.41, 5.74) is 25.7. The smallest absolute Gasteiger partial charge is 0.270 e. The van der Waals surface area contributed by atoms with Gasteiger partial charge in [0.15, 0.2) is 0 Å². The second-order valence-electron chi connectivity index (χ2n) is 19.8. The van der Waals surface area contributed by atoms with Crippen LogP contribution >= 0.6 is 58.0 Å². The Bertz CT molecular complexity index is 3780. The van der Waals surface area contributed by atoms with Crippen LogP contribution in [0.2, 0.25) is 25.1 Å². The summed E-state index contributed by atoms with van der Waals surface area (Å²) < 4.78 is 0. The number of rotatable bonds is 18. The standard InChI is InChI=1S/C22H20Cl2N2O2.C15H15ClN2O2.C15H17ClN2.C8H10ClN.C7H5NO3/c1-14-5-6-17(23)10-16(14)13-25-12-15-3-2-4-19(9-15)26-22(28)20-11-18(24)7-8-21(20)27;1-11-5-6-14(16)8-13(11)10-17-9-12-3-2-4-15(7-12)18(19)20;1-11-5-6-14(16)8-13(11)10-18-9-12-3-2-4-15(17)7-12;1-6-2-3-8(9)4-7(6)5-10;9-5-6-2-1-3-7(4-6)8(10)11/h2-11,25,27H,12-13H2,1H3,(H,26,28);2-8,17H,9-10H2,1H3;2-8,18H,9-10,17H2,1H3;2-4H,5,10H2,1H3;1-5H. The molecule has 0 aliphatic carbocycles. The Morgan fingerprint density at radius 2 is 0.874 bits per heavy atom. The fraction of sp³-hybridized carbons (Fsp3) is 0.164. The number of nitrogen functional groups attached to an aromatic ring is 1. The van der Waals surface area contributed by atoms with Gasteiger partial charge in [0.05, 0.1) is 15.4 Å². The van der Waals surface area contributed by atoms with Crippen LogP contribution in [-0.4, -0.2) is 27.1 Å². The van der Waals surface area contributed by atoms with Crippen LogP contribution in [0.5, 0.6) is 5.75 Å². The summed E-state index contributed by atoms with van der Waals surface area (Å²) in [7, 11) is 0. The van der Waals surface area contributed by atoms with Gasteiger partial charge in [0.25, 0.3) is 17.3 Å². The average molecular weight is 1270 g/mol. The molecule has 452 valence electrons. The summed E-state index contributed by atoms with van der Waals surface area (Å²) in [6, 6.07) is 55.3. The second-order valence-corrected chi connectivity index (χ2v) is 21.9. The lowest BCUT2D eigenvalue weighted by molar-refractivity contribution is -0.385. The maximum atomic E-state index is 12.4. The van der Waals surface area contributed by atoms with E-state index in [4.69, 9.17) is 69.5 Å². The van der Waals surface area contributed by atoms with Gasteiger partial charge >= 0.3 is 0 Å². The van der Waals surface area contributed by atoms with Gasteiger partial charge in [0.2, 0.25) is 0 Å². The molecule has 15 nitrogen and oxygen atoms in total. The molecule has 0 saturated heterocycles. The number of aromatic hydroxyl groups is 1. The molecular weight excluding hydrogens is 1210 g/mol.